The van der Waals surface area contributed by atoms with Gasteiger partial charge in [0.05, 0.1) is 5.39 Å². The van der Waals surface area contributed by atoms with Crippen molar-refractivity contribution in [3.8, 4) is 5.69 Å². The molecule has 0 unspecified atom stereocenters. The molecule has 0 aliphatic heterocycles. The van der Waals surface area contributed by atoms with Gasteiger partial charge in [0.1, 0.15) is 11.5 Å². The summed E-state index contributed by atoms with van der Waals surface area (Å²) >= 11 is 0. The Morgan fingerprint density at radius 3 is 2.55 bits per heavy atom. The van der Waals surface area contributed by atoms with Gasteiger partial charge in [-0.15, -0.1) is 0 Å². The number of aromatic nitrogens is 2. The number of nitrogens with zero attached hydrogens (tertiary/aromatic N) is 3. The van der Waals surface area contributed by atoms with Crippen LogP contribution >= 0.6 is 0 Å². The molecule has 0 bridgehead atoms. The molecule has 31 heavy (non-hydrogen) atoms. The lowest BCUT2D eigenvalue weighted by Gasteiger charge is -2.22. The number of allylic oxidation sites excluding steroid dienone is 3. The van der Waals surface area contributed by atoms with E-state index in [-0.39, 0.29) is 5.43 Å². The Morgan fingerprint density at radius 1 is 1.10 bits per heavy atom. The molecule has 0 atom stereocenters. The zero-order chi connectivity index (χ0) is 21.8. The zero-order valence-corrected chi connectivity index (χ0v) is 18.6. The van der Waals surface area contributed by atoms with Crippen LogP contribution in [0.1, 0.15) is 37.9 Å². The van der Waals surface area contributed by atoms with Crippen LogP contribution in [0.5, 0.6) is 0 Å². The highest BCUT2D eigenvalue weighted by atomic mass is 16.1. The van der Waals surface area contributed by atoms with Gasteiger partial charge in [0.25, 0.3) is 0 Å². The fourth-order valence-electron chi connectivity index (χ4n) is 4.00. The Hall–Kier alpha value is -3.18. The van der Waals surface area contributed by atoms with E-state index in [1.165, 1.54) is 0 Å². The van der Waals surface area contributed by atoms with E-state index in [2.05, 4.69) is 42.3 Å². The summed E-state index contributed by atoms with van der Waals surface area (Å²) in [6.07, 6.45) is 8.42. The Morgan fingerprint density at radius 2 is 1.87 bits per heavy atom. The second-order valence-corrected chi connectivity index (χ2v) is 7.89. The van der Waals surface area contributed by atoms with Gasteiger partial charge in [-0.1, -0.05) is 44.2 Å². The number of para-hydroxylation sites is 1. The standard InChI is InChI=1S/C26H30N4O/c1-4-29(5-2)18-20-16-23-24(31)17-25(28-21-12-8-6-9-13-21)30(26(23)27-19(20)3)22-14-10-7-11-15-22/h7-8,10-17,28H,4-6,9,18H2,1-3H3. The molecule has 2 heterocycles. The third-order valence-corrected chi connectivity index (χ3v) is 5.85. The zero-order valence-electron chi connectivity index (χ0n) is 18.6. The van der Waals surface area contributed by atoms with Crippen molar-refractivity contribution in [3.63, 3.8) is 0 Å². The minimum absolute atomic E-state index is 0.0154. The number of aryl methyl sites for hydroxylation is 1. The second-order valence-electron chi connectivity index (χ2n) is 7.89. The number of hydrogen-bond donors (Lipinski definition) is 1. The number of benzene rings is 1. The summed E-state index contributed by atoms with van der Waals surface area (Å²) in [6.45, 7) is 9.07. The summed E-state index contributed by atoms with van der Waals surface area (Å²) in [7, 11) is 0. The van der Waals surface area contributed by atoms with Crippen molar-refractivity contribution in [1.82, 2.24) is 14.5 Å². The number of fused-ring (bicyclic) bond motifs is 1. The predicted molar refractivity (Wildman–Crippen MR) is 129 cm³/mol. The number of anilines is 1. The maximum absolute atomic E-state index is 13.2. The van der Waals surface area contributed by atoms with Gasteiger partial charge in [-0.3, -0.25) is 14.3 Å². The third-order valence-electron chi connectivity index (χ3n) is 5.85. The molecule has 0 amide bonds. The number of hydrogen-bond acceptors (Lipinski definition) is 4. The lowest BCUT2D eigenvalue weighted by atomic mass is 10.1. The lowest BCUT2D eigenvalue weighted by Crippen LogP contribution is -2.23. The van der Waals surface area contributed by atoms with E-state index >= 15 is 0 Å². The van der Waals surface area contributed by atoms with Crippen molar-refractivity contribution in [2.75, 3.05) is 18.4 Å². The highest BCUT2D eigenvalue weighted by molar-refractivity contribution is 5.81. The fraction of sp³-hybridized carbons (Fsp3) is 0.308. The van der Waals surface area contributed by atoms with Crippen molar-refractivity contribution < 1.29 is 0 Å². The minimum Gasteiger partial charge on any atom is -0.341 e. The molecule has 2 aromatic heterocycles. The largest absolute Gasteiger partial charge is 0.341 e. The molecule has 1 aliphatic rings. The van der Waals surface area contributed by atoms with Crippen LogP contribution in [-0.2, 0) is 6.54 Å². The van der Waals surface area contributed by atoms with Gasteiger partial charge >= 0.3 is 0 Å². The van der Waals surface area contributed by atoms with Crippen LogP contribution < -0.4 is 10.7 Å². The summed E-state index contributed by atoms with van der Waals surface area (Å²) in [6, 6.07) is 13.8. The van der Waals surface area contributed by atoms with Crippen molar-refractivity contribution in [1.29, 1.82) is 0 Å². The summed E-state index contributed by atoms with van der Waals surface area (Å²) in [5, 5.41) is 4.10. The molecule has 1 N–H and O–H groups in total. The van der Waals surface area contributed by atoms with Gasteiger partial charge in [-0.25, -0.2) is 4.98 Å². The van der Waals surface area contributed by atoms with Crippen LogP contribution in [0, 0.1) is 6.92 Å². The van der Waals surface area contributed by atoms with E-state index in [1.807, 2.05) is 47.9 Å². The smallest absolute Gasteiger partial charge is 0.193 e. The van der Waals surface area contributed by atoms with Gasteiger partial charge in [0.2, 0.25) is 0 Å². The molecule has 4 rings (SSSR count). The van der Waals surface area contributed by atoms with Crippen LogP contribution in [0.2, 0.25) is 0 Å². The topological polar surface area (TPSA) is 50.2 Å². The van der Waals surface area contributed by atoms with Crippen LogP contribution in [0.15, 0.2) is 71.2 Å². The van der Waals surface area contributed by atoms with Crippen LogP contribution in [-0.4, -0.2) is 27.5 Å². The Labute approximate surface area is 183 Å². The van der Waals surface area contributed by atoms with Gasteiger partial charge < -0.3 is 5.32 Å². The molecule has 3 aromatic rings. The number of rotatable bonds is 7. The average Bonchev–Trinajstić information content (AvgIpc) is 2.79. The first kappa shape index (κ1) is 21.1. The van der Waals surface area contributed by atoms with E-state index in [9.17, 15) is 4.79 Å². The quantitative estimate of drug-likeness (QED) is 0.579. The molecule has 0 fully saturated rings. The highest BCUT2D eigenvalue weighted by Gasteiger charge is 2.16. The first-order valence-corrected chi connectivity index (χ1v) is 11.1. The van der Waals surface area contributed by atoms with Crippen LogP contribution in [0.25, 0.3) is 16.7 Å². The van der Waals surface area contributed by atoms with Crippen molar-refractivity contribution in [3.05, 3.63) is 87.9 Å². The Kier molecular flexibility index (Phi) is 6.33. The first-order valence-electron chi connectivity index (χ1n) is 11.1. The molecule has 1 aliphatic carbocycles. The normalized spacial score (nSPS) is 13.6. The summed E-state index contributed by atoms with van der Waals surface area (Å²) < 4.78 is 2.05. The number of pyridine rings is 2. The summed E-state index contributed by atoms with van der Waals surface area (Å²) in [5.41, 5.74) is 4.70. The van der Waals surface area contributed by atoms with E-state index in [0.29, 0.717) is 11.0 Å². The van der Waals surface area contributed by atoms with Gasteiger partial charge in [-0.05, 0) is 62.7 Å². The van der Waals surface area contributed by atoms with E-state index in [4.69, 9.17) is 4.98 Å². The van der Waals surface area contributed by atoms with Crippen molar-refractivity contribution in [2.45, 2.75) is 40.2 Å². The molecule has 5 heteroatoms. The van der Waals surface area contributed by atoms with Crippen LogP contribution in [0.4, 0.5) is 5.82 Å². The maximum Gasteiger partial charge on any atom is 0.193 e. The summed E-state index contributed by atoms with van der Waals surface area (Å²) in [5.74, 6) is 0.727. The monoisotopic (exact) mass is 414 g/mol. The first-order chi connectivity index (χ1) is 15.1. The molecule has 0 saturated heterocycles. The third kappa shape index (κ3) is 4.47. The van der Waals surface area contributed by atoms with Gasteiger partial charge in [0, 0.05) is 29.7 Å². The molecule has 5 nitrogen and oxygen atoms in total. The van der Waals surface area contributed by atoms with Gasteiger partial charge in [-0.2, -0.15) is 0 Å². The molecule has 0 saturated carbocycles. The molecular formula is C26H30N4O. The van der Waals surface area contributed by atoms with Crippen molar-refractivity contribution in [2.24, 2.45) is 0 Å². The van der Waals surface area contributed by atoms with Crippen molar-refractivity contribution >= 4 is 16.9 Å². The predicted octanol–water partition coefficient (Wildman–Crippen LogP) is 5.18. The van der Waals surface area contributed by atoms with E-state index in [1.54, 1.807) is 6.07 Å². The SMILES string of the molecule is CCN(CC)Cc1cc2c(=O)cc(NC3=CCCC=C3)n(-c3ccccc3)c2nc1C. The lowest BCUT2D eigenvalue weighted by molar-refractivity contribution is 0.295. The maximum atomic E-state index is 13.2. The average molecular weight is 415 g/mol. The van der Waals surface area contributed by atoms with Crippen LogP contribution in [0.3, 0.4) is 0 Å². The second kappa shape index (κ2) is 9.31. The van der Waals surface area contributed by atoms with Gasteiger partial charge in [0.15, 0.2) is 5.43 Å². The van der Waals surface area contributed by atoms with E-state index in [0.717, 1.165) is 60.9 Å². The highest BCUT2D eigenvalue weighted by Crippen LogP contribution is 2.25. The van der Waals surface area contributed by atoms with E-state index < -0.39 is 0 Å². The molecule has 1 aromatic carbocycles. The minimum atomic E-state index is -0.0154. The Balaban J connectivity index is 1.91. The molecule has 0 radical (unpaired) electrons. The fourth-order valence-corrected chi connectivity index (χ4v) is 4.00. The Bertz CT molecular complexity index is 1190. The molecular weight excluding hydrogens is 384 g/mol. The molecule has 0 spiro atoms. The summed E-state index contributed by atoms with van der Waals surface area (Å²) in [4.78, 5) is 20.5. The number of nitrogens with one attached hydrogen (secondary N) is 1. The molecule has 160 valence electrons.